The normalized spacial score (nSPS) is 10.4. The molecule has 0 unspecified atom stereocenters. The second kappa shape index (κ2) is 7.04. The van der Waals surface area contributed by atoms with E-state index in [4.69, 9.17) is 9.47 Å². The van der Waals surface area contributed by atoms with Crippen molar-refractivity contribution in [1.82, 2.24) is 14.8 Å². The molecule has 3 aromatic rings. The number of hydrogen-bond acceptors (Lipinski definition) is 5. The second-order valence-electron chi connectivity index (χ2n) is 5.37. The molecular formula is C18H18N4O3. The molecule has 3 rings (SSSR count). The SMILES string of the molecule is COc1ccc(OC)c(NC(=O)c2ncn(-c3ccc(C)cc3)n2)c1. The predicted molar refractivity (Wildman–Crippen MR) is 93.6 cm³/mol. The number of aryl methyl sites for hydroxylation is 1. The van der Waals surface area contributed by atoms with E-state index in [1.807, 2.05) is 31.2 Å². The maximum atomic E-state index is 12.4. The minimum Gasteiger partial charge on any atom is -0.497 e. The summed E-state index contributed by atoms with van der Waals surface area (Å²) in [6.07, 6.45) is 1.50. The van der Waals surface area contributed by atoms with Crippen molar-refractivity contribution in [2.24, 2.45) is 0 Å². The molecule has 1 heterocycles. The number of anilines is 1. The largest absolute Gasteiger partial charge is 0.497 e. The summed E-state index contributed by atoms with van der Waals surface area (Å²) in [5.41, 5.74) is 2.46. The Kier molecular flexibility index (Phi) is 4.65. The zero-order chi connectivity index (χ0) is 17.8. The molecule has 0 bridgehead atoms. The first-order valence-electron chi connectivity index (χ1n) is 7.63. The number of benzene rings is 2. The molecule has 0 spiro atoms. The van der Waals surface area contributed by atoms with E-state index in [0.29, 0.717) is 17.2 Å². The zero-order valence-electron chi connectivity index (χ0n) is 14.2. The van der Waals surface area contributed by atoms with Gasteiger partial charge in [-0.2, -0.15) is 0 Å². The van der Waals surface area contributed by atoms with Gasteiger partial charge in [-0.05, 0) is 31.2 Å². The standard InChI is InChI=1S/C18H18N4O3/c1-12-4-6-13(7-5-12)22-11-19-17(21-22)18(23)20-15-10-14(24-2)8-9-16(15)25-3/h4-11H,1-3H3,(H,20,23). The van der Waals surface area contributed by atoms with Crippen molar-refractivity contribution in [1.29, 1.82) is 0 Å². The third-order valence-electron chi connectivity index (χ3n) is 3.65. The van der Waals surface area contributed by atoms with Crippen LogP contribution in [0.5, 0.6) is 11.5 Å². The Morgan fingerprint density at radius 1 is 1.08 bits per heavy atom. The summed E-state index contributed by atoms with van der Waals surface area (Å²) in [5, 5.41) is 6.97. The van der Waals surface area contributed by atoms with E-state index in [0.717, 1.165) is 11.3 Å². The molecule has 1 N–H and O–H groups in total. The van der Waals surface area contributed by atoms with Crippen LogP contribution in [-0.4, -0.2) is 34.9 Å². The highest BCUT2D eigenvalue weighted by molar-refractivity contribution is 6.02. The van der Waals surface area contributed by atoms with E-state index >= 15 is 0 Å². The first kappa shape index (κ1) is 16.5. The fourth-order valence-electron chi connectivity index (χ4n) is 2.28. The van der Waals surface area contributed by atoms with Crippen LogP contribution in [0.3, 0.4) is 0 Å². The van der Waals surface area contributed by atoms with Crippen LogP contribution in [0.4, 0.5) is 5.69 Å². The molecule has 128 valence electrons. The number of methoxy groups -OCH3 is 2. The lowest BCUT2D eigenvalue weighted by Crippen LogP contribution is -2.15. The third kappa shape index (κ3) is 3.60. The molecule has 0 aliphatic carbocycles. The van der Waals surface area contributed by atoms with E-state index in [1.165, 1.54) is 13.4 Å². The Bertz CT molecular complexity index is 888. The minimum atomic E-state index is -0.433. The average molecular weight is 338 g/mol. The molecule has 0 atom stereocenters. The van der Waals surface area contributed by atoms with Gasteiger partial charge in [-0.25, -0.2) is 9.67 Å². The summed E-state index contributed by atoms with van der Waals surface area (Å²) in [6, 6.07) is 12.9. The van der Waals surface area contributed by atoms with Crippen molar-refractivity contribution in [3.63, 3.8) is 0 Å². The minimum absolute atomic E-state index is 0.0606. The van der Waals surface area contributed by atoms with Crippen molar-refractivity contribution in [2.75, 3.05) is 19.5 Å². The third-order valence-corrected chi connectivity index (χ3v) is 3.65. The molecule has 7 nitrogen and oxygen atoms in total. The van der Waals surface area contributed by atoms with E-state index in [-0.39, 0.29) is 5.82 Å². The molecular weight excluding hydrogens is 320 g/mol. The molecule has 0 saturated heterocycles. The van der Waals surface area contributed by atoms with Gasteiger partial charge in [0.25, 0.3) is 5.91 Å². The number of nitrogens with zero attached hydrogens (tertiary/aromatic N) is 3. The molecule has 1 amide bonds. The Morgan fingerprint density at radius 2 is 1.84 bits per heavy atom. The number of ether oxygens (including phenoxy) is 2. The van der Waals surface area contributed by atoms with E-state index < -0.39 is 5.91 Å². The lowest BCUT2D eigenvalue weighted by molar-refractivity contribution is 0.101. The van der Waals surface area contributed by atoms with Crippen LogP contribution in [0.2, 0.25) is 0 Å². The van der Waals surface area contributed by atoms with Crippen LogP contribution < -0.4 is 14.8 Å². The summed E-state index contributed by atoms with van der Waals surface area (Å²) in [5.74, 6) is 0.754. The molecule has 0 saturated carbocycles. The molecule has 7 heteroatoms. The average Bonchev–Trinajstić information content (AvgIpc) is 3.12. The number of carbonyl (C=O) groups excluding carboxylic acids is 1. The van der Waals surface area contributed by atoms with Gasteiger partial charge in [-0.1, -0.05) is 17.7 Å². The van der Waals surface area contributed by atoms with Crippen LogP contribution in [0.15, 0.2) is 48.8 Å². The van der Waals surface area contributed by atoms with Gasteiger partial charge < -0.3 is 14.8 Å². The van der Waals surface area contributed by atoms with Crippen molar-refractivity contribution >= 4 is 11.6 Å². The van der Waals surface area contributed by atoms with Crippen LogP contribution in [0.25, 0.3) is 5.69 Å². The monoisotopic (exact) mass is 338 g/mol. The fraction of sp³-hybridized carbons (Fsp3) is 0.167. The molecule has 0 fully saturated rings. The van der Waals surface area contributed by atoms with Gasteiger partial charge in [0.05, 0.1) is 25.6 Å². The molecule has 0 aliphatic rings. The van der Waals surface area contributed by atoms with Gasteiger partial charge in [0.15, 0.2) is 0 Å². The van der Waals surface area contributed by atoms with E-state index in [2.05, 4.69) is 15.4 Å². The smallest absolute Gasteiger partial charge is 0.295 e. The fourth-order valence-corrected chi connectivity index (χ4v) is 2.28. The van der Waals surface area contributed by atoms with Crippen LogP contribution >= 0.6 is 0 Å². The lowest BCUT2D eigenvalue weighted by Gasteiger charge is -2.10. The summed E-state index contributed by atoms with van der Waals surface area (Å²) in [6.45, 7) is 2.01. The molecule has 25 heavy (non-hydrogen) atoms. The topological polar surface area (TPSA) is 78.3 Å². The molecule has 2 aromatic carbocycles. The van der Waals surface area contributed by atoms with Crippen LogP contribution in [0, 0.1) is 6.92 Å². The zero-order valence-corrected chi connectivity index (χ0v) is 14.2. The Morgan fingerprint density at radius 3 is 2.52 bits per heavy atom. The van der Waals surface area contributed by atoms with Gasteiger partial charge in [0.1, 0.15) is 17.8 Å². The van der Waals surface area contributed by atoms with Gasteiger partial charge in [-0.15, -0.1) is 5.10 Å². The molecule has 0 aliphatic heterocycles. The summed E-state index contributed by atoms with van der Waals surface area (Å²) >= 11 is 0. The molecule has 1 aromatic heterocycles. The van der Waals surface area contributed by atoms with Crippen LogP contribution in [-0.2, 0) is 0 Å². The van der Waals surface area contributed by atoms with Crippen molar-refractivity contribution < 1.29 is 14.3 Å². The Hall–Kier alpha value is -3.35. The Labute approximate surface area is 145 Å². The van der Waals surface area contributed by atoms with E-state index in [9.17, 15) is 4.79 Å². The first-order chi connectivity index (χ1) is 12.1. The van der Waals surface area contributed by atoms with Crippen molar-refractivity contribution in [3.8, 4) is 17.2 Å². The summed E-state index contributed by atoms with van der Waals surface area (Å²) in [4.78, 5) is 16.5. The maximum Gasteiger partial charge on any atom is 0.295 e. The predicted octanol–water partition coefficient (Wildman–Crippen LogP) is 2.85. The highest BCUT2D eigenvalue weighted by Crippen LogP contribution is 2.29. The first-order valence-corrected chi connectivity index (χ1v) is 7.63. The van der Waals surface area contributed by atoms with Gasteiger partial charge in [-0.3, -0.25) is 4.79 Å². The number of rotatable bonds is 5. The number of aromatic nitrogens is 3. The number of carbonyl (C=O) groups is 1. The van der Waals surface area contributed by atoms with Gasteiger partial charge >= 0.3 is 0 Å². The second-order valence-corrected chi connectivity index (χ2v) is 5.37. The number of nitrogens with one attached hydrogen (secondary N) is 1. The van der Waals surface area contributed by atoms with Crippen molar-refractivity contribution in [2.45, 2.75) is 6.92 Å². The number of amides is 1. The highest BCUT2D eigenvalue weighted by atomic mass is 16.5. The van der Waals surface area contributed by atoms with E-state index in [1.54, 1.807) is 30.0 Å². The lowest BCUT2D eigenvalue weighted by atomic mass is 10.2. The highest BCUT2D eigenvalue weighted by Gasteiger charge is 2.15. The Balaban J connectivity index is 1.81. The summed E-state index contributed by atoms with van der Waals surface area (Å²) in [7, 11) is 3.08. The summed E-state index contributed by atoms with van der Waals surface area (Å²) < 4.78 is 12.0. The molecule has 0 radical (unpaired) electrons. The maximum absolute atomic E-state index is 12.4. The van der Waals surface area contributed by atoms with Gasteiger partial charge in [0.2, 0.25) is 5.82 Å². The quantitative estimate of drug-likeness (QED) is 0.774. The number of hydrogen-bond donors (Lipinski definition) is 1. The van der Waals surface area contributed by atoms with Crippen LogP contribution in [0.1, 0.15) is 16.2 Å². The van der Waals surface area contributed by atoms with Crippen molar-refractivity contribution in [3.05, 3.63) is 60.2 Å². The van der Waals surface area contributed by atoms with Gasteiger partial charge in [0, 0.05) is 6.07 Å².